The third-order valence-corrected chi connectivity index (χ3v) is 5.23. The normalized spacial score (nSPS) is 11.9. The molecule has 0 aliphatic carbocycles. The summed E-state index contributed by atoms with van der Waals surface area (Å²) in [5.74, 6) is 4.75. The summed E-state index contributed by atoms with van der Waals surface area (Å²) in [6.45, 7) is 4.57. The first-order valence-electron chi connectivity index (χ1n) is 10.5. The van der Waals surface area contributed by atoms with E-state index in [4.69, 9.17) is 0 Å². The molecule has 0 N–H and O–H groups in total. The second kappa shape index (κ2) is 21.9. The molecule has 136 valence electrons. The van der Waals surface area contributed by atoms with Gasteiger partial charge in [0.1, 0.15) is 0 Å². The van der Waals surface area contributed by atoms with Crippen LogP contribution in [0.1, 0.15) is 117 Å². The number of unbranched alkanes of at least 4 members (excludes halogenated alkanes) is 14. The van der Waals surface area contributed by atoms with E-state index in [-0.39, 0.29) is 0 Å². The maximum Gasteiger partial charge on any atom is -0.0347 e. The number of rotatable bonds is 18. The van der Waals surface area contributed by atoms with Crippen LogP contribution in [0.4, 0.5) is 0 Å². The standard InChI is InChI=1S/C22H43P/c1-3-5-7-9-11-13-15-17-19-21-23-22-20-18-16-14-12-10-8-6-4-2/h19-23H,3-18H2,1-2H3/b21-19+,22-20+. The first-order valence-corrected chi connectivity index (χ1v) is 11.6. The van der Waals surface area contributed by atoms with Crippen molar-refractivity contribution in [2.45, 2.75) is 117 Å². The molecule has 0 aromatic rings. The summed E-state index contributed by atoms with van der Waals surface area (Å²) in [4.78, 5) is 0. The molecular weight excluding hydrogens is 295 g/mol. The van der Waals surface area contributed by atoms with Crippen molar-refractivity contribution in [2.75, 3.05) is 0 Å². The van der Waals surface area contributed by atoms with Gasteiger partial charge in [-0.15, -0.1) is 0 Å². The molecule has 0 saturated carbocycles. The van der Waals surface area contributed by atoms with Crippen molar-refractivity contribution in [3.63, 3.8) is 0 Å². The van der Waals surface area contributed by atoms with Crippen molar-refractivity contribution in [1.29, 1.82) is 0 Å². The van der Waals surface area contributed by atoms with E-state index in [0.29, 0.717) is 0 Å². The van der Waals surface area contributed by atoms with E-state index >= 15 is 0 Å². The molecule has 0 aliphatic heterocycles. The number of hydrogen-bond donors (Lipinski definition) is 0. The van der Waals surface area contributed by atoms with Crippen molar-refractivity contribution >= 4 is 8.58 Å². The summed E-state index contributed by atoms with van der Waals surface area (Å²) in [6.07, 6.45) is 27.2. The molecule has 0 radical (unpaired) electrons. The van der Waals surface area contributed by atoms with Crippen LogP contribution in [-0.2, 0) is 0 Å². The zero-order valence-corrected chi connectivity index (χ0v) is 17.1. The van der Waals surface area contributed by atoms with E-state index in [9.17, 15) is 0 Å². The van der Waals surface area contributed by atoms with Crippen LogP contribution >= 0.6 is 8.58 Å². The van der Waals surface area contributed by atoms with E-state index in [1.165, 1.54) is 103 Å². The van der Waals surface area contributed by atoms with Crippen LogP contribution in [0.3, 0.4) is 0 Å². The van der Waals surface area contributed by atoms with Gasteiger partial charge in [0, 0.05) is 0 Å². The average Bonchev–Trinajstić information content (AvgIpc) is 2.57. The highest BCUT2D eigenvalue weighted by Gasteiger charge is 1.90. The molecule has 0 heterocycles. The van der Waals surface area contributed by atoms with Crippen molar-refractivity contribution < 1.29 is 0 Å². The van der Waals surface area contributed by atoms with Crippen molar-refractivity contribution in [2.24, 2.45) is 0 Å². The zero-order valence-electron chi connectivity index (χ0n) is 16.1. The summed E-state index contributed by atoms with van der Waals surface area (Å²) in [7, 11) is 0.895. The second-order valence-electron chi connectivity index (χ2n) is 6.79. The van der Waals surface area contributed by atoms with E-state index in [0.717, 1.165) is 8.58 Å². The van der Waals surface area contributed by atoms with E-state index in [2.05, 4.69) is 37.6 Å². The molecule has 0 rings (SSSR count). The van der Waals surface area contributed by atoms with Crippen LogP contribution in [0.2, 0.25) is 0 Å². The molecular formula is C22H43P. The predicted octanol–water partition coefficient (Wildman–Crippen LogP) is 8.97. The Hall–Kier alpha value is -0.0900. The fourth-order valence-electron chi connectivity index (χ4n) is 2.80. The molecule has 23 heavy (non-hydrogen) atoms. The Morgan fingerprint density at radius 3 is 1.22 bits per heavy atom. The smallest absolute Gasteiger partial charge is 0.0347 e. The summed E-state index contributed by atoms with van der Waals surface area (Å²) in [6, 6.07) is 0. The Balaban J connectivity index is 3.14. The van der Waals surface area contributed by atoms with Gasteiger partial charge in [-0.25, -0.2) is 0 Å². The summed E-state index contributed by atoms with van der Waals surface area (Å²) < 4.78 is 0. The van der Waals surface area contributed by atoms with Crippen LogP contribution in [-0.4, -0.2) is 0 Å². The van der Waals surface area contributed by atoms with Crippen LogP contribution < -0.4 is 0 Å². The van der Waals surface area contributed by atoms with Gasteiger partial charge in [-0.1, -0.05) is 123 Å². The molecule has 0 unspecified atom stereocenters. The van der Waals surface area contributed by atoms with Crippen molar-refractivity contribution in [3.8, 4) is 0 Å². The largest absolute Gasteiger partial charge is 0.0840 e. The summed E-state index contributed by atoms with van der Waals surface area (Å²) in [5, 5.41) is 0. The minimum absolute atomic E-state index is 0.895. The lowest BCUT2D eigenvalue weighted by atomic mass is 10.1. The minimum atomic E-state index is 0.895. The molecule has 0 amide bonds. The molecule has 0 saturated heterocycles. The number of hydrogen-bond acceptors (Lipinski definition) is 0. The quantitative estimate of drug-likeness (QED) is 0.173. The van der Waals surface area contributed by atoms with Gasteiger partial charge in [0.25, 0.3) is 0 Å². The van der Waals surface area contributed by atoms with Gasteiger partial charge in [-0.05, 0) is 25.7 Å². The Morgan fingerprint density at radius 2 is 0.826 bits per heavy atom. The Labute approximate surface area is 149 Å². The topological polar surface area (TPSA) is 0 Å². The fraction of sp³-hybridized carbons (Fsp3) is 0.818. The van der Waals surface area contributed by atoms with Gasteiger partial charge in [-0.3, -0.25) is 0 Å². The molecule has 0 bridgehead atoms. The summed E-state index contributed by atoms with van der Waals surface area (Å²) >= 11 is 0. The monoisotopic (exact) mass is 338 g/mol. The van der Waals surface area contributed by atoms with Crippen LogP contribution in [0.5, 0.6) is 0 Å². The lowest BCUT2D eigenvalue weighted by Gasteiger charge is -1.99. The lowest BCUT2D eigenvalue weighted by molar-refractivity contribution is 0.592. The first kappa shape index (κ1) is 22.9. The maximum absolute atomic E-state index is 2.39. The molecule has 0 atom stereocenters. The second-order valence-corrected chi connectivity index (χ2v) is 7.79. The molecule has 0 nitrogen and oxygen atoms in total. The summed E-state index contributed by atoms with van der Waals surface area (Å²) in [5.41, 5.74) is 0. The highest BCUT2D eigenvalue weighted by atomic mass is 31.1. The van der Waals surface area contributed by atoms with Crippen LogP contribution in [0, 0.1) is 0 Å². The van der Waals surface area contributed by atoms with Gasteiger partial charge < -0.3 is 0 Å². The van der Waals surface area contributed by atoms with Crippen molar-refractivity contribution in [1.82, 2.24) is 0 Å². The average molecular weight is 339 g/mol. The third-order valence-electron chi connectivity index (χ3n) is 4.38. The first-order chi connectivity index (χ1) is 11.4. The Kier molecular flexibility index (Phi) is 21.8. The highest BCUT2D eigenvalue weighted by Crippen LogP contribution is 2.16. The van der Waals surface area contributed by atoms with Crippen LogP contribution in [0.15, 0.2) is 23.8 Å². The van der Waals surface area contributed by atoms with Gasteiger partial charge in [-0.2, -0.15) is 0 Å². The third kappa shape index (κ3) is 21.9. The van der Waals surface area contributed by atoms with Gasteiger partial charge in [0.05, 0.1) is 0 Å². The maximum atomic E-state index is 2.39. The molecule has 0 aromatic carbocycles. The van der Waals surface area contributed by atoms with Gasteiger partial charge in [0.15, 0.2) is 0 Å². The van der Waals surface area contributed by atoms with Gasteiger partial charge in [0.2, 0.25) is 0 Å². The highest BCUT2D eigenvalue weighted by molar-refractivity contribution is 7.45. The molecule has 0 spiro atoms. The van der Waals surface area contributed by atoms with Crippen molar-refractivity contribution in [3.05, 3.63) is 23.8 Å². The predicted molar refractivity (Wildman–Crippen MR) is 112 cm³/mol. The molecule has 0 aromatic heterocycles. The minimum Gasteiger partial charge on any atom is -0.0840 e. The Bertz CT molecular complexity index is 229. The number of allylic oxidation sites excluding steroid dienone is 2. The fourth-order valence-corrected chi connectivity index (χ4v) is 3.51. The SMILES string of the molecule is CCCCCCCCC/C=C/P/C=C/CCCCCCCCC. The van der Waals surface area contributed by atoms with E-state index in [1.807, 2.05) is 0 Å². The molecule has 0 fully saturated rings. The zero-order chi connectivity index (χ0) is 16.8. The molecule has 0 aliphatic rings. The Morgan fingerprint density at radius 1 is 0.478 bits per heavy atom. The molecule has 1 heteroatoms. The van der Waals surface area contributed by atoms with Crippen LogP contribution in [0.25, 0.3) is 0 Å². The van der Waals surface area contributed by atoms with E-state index in [1.54, 1.807) is 0 Å². The van der Waals surface area contributed by atoms with E-state index < -0.39 is 0 Å². The van der Waals surface area contributed by atoms with Gasteiger partial charge >= 0.3 is 0 Å². The lowest BCUT2D eigenvalue weighted by Crippen LogP contribution is -1.78.